The van der Waals surface area contributed by atoms with Crippen LogP contribution in [0.15, 0.2) is 29.1 Å². The lowest BCUT2D eigenvalue weighted by Crippen LogP contribution is -2.09. The molecule has 0 aliphatic carbocycles. The summed E-state index contributed by atoms with van der Waals surface area (Å²) in [7, 11) is 0. The van der Waals surface area contributed by atoms with Crippen LogP contribution in [0, 0.1) is 6.92 Å². The van der Waals surface area contributed by atoms with Gasteiger partial charge in [-0.05, 0) is 24.6 Å². The quantitative estimate of drug-likeness (QED) is 0.910. The van der Waals surface area contributed by atoms with Gasteiger partial charge in [-0.25, -0.2) is 4.98 Å². The van der Waals surface area contributed by atoms with Gasteiger partial charge in [0.15, 0.2) is 0 Å². The first-order chi connectivity index (χ1) is 8.47. The van der Waals surface area contributed by atoms with Crippen molar-refractivity contribution in [2.24, 2.45) is 0 Å². The Bertz CT molecular complexity index is 521. The van der Waals surface area contributed by atoms with Crippen LogP contribution in [0.4, 0.5) is 18.9 Å². The molecule has 1 aromatic heterocycles. The summed E-state index contributed by atoms with van der Waals surface area (Å²) in [6, 6.07) is 4.23. The van der Waals surface area contributed by atoms with Crippen LogP contribution in [0.5, 0.6) is 0 Å². The molecule has 1 heterocycles. The molecule has 0 radical (unpaired) electrons. The third-order valence-electron chi connectivity index (χ3n) is 2.50. The summed E-state index contributed by atoms with van der Waals surface area (Å²) in [5.74, 6) is 0. The Morgan fingerprint density at radius 1 is 1.33 bits per heavy atom. The van der Waals surface area contributed by atoms with Crippen molar-refractivity contribution in [2.45, 2.75) is 19.6 Å². The number of anilines is 1. The number of thiazole rings is 1. The smallest absolute Gasteiger partial charge is 0.379 e. The van der Waals surface area contributed by atoms with Crippen molar-refractivity contribution < 1.29 is 13.2 Å². The molecule has 0 amide bonds. The molecule has 2 rings (SSSR count). The van der Waals surface area contributed by atoms with Crippen LogP contribution in [0.25, 0.3) is 0 Å². The van der Waals surface area contributed by atoms with Gasteiger partial charge >= 0.3 is 6.18 Å². The summed E-state index contributed by atoms with van der Waals surface area (Å²) in [6.07, 6.45) is -4.32. The number of nitrogens with zero attached hydrogens (tertiary/aromatic N) is 1. The fourth-order valence-corrected chi connectivity index (χ4v) is 2.11. The van der Waals surface area contributed by atoms with E-state index < -0.39 is 11.7 Å². The zero-order valence-corrected chi connectivity index (χ0v) is 10.4. The Morgan fingerprint density at radius 3 is 2.72 bits per heavy atom. The van der Waals surface area contributed by atoms with Crippen molar-refractivity contribution in [2.75, 3.05) is 5.32 Å². The number of nitrogens with one attached hydrogen (secondary N) is 1. The van der Waals surface area contributed by atoms with E-state index in [-0.39, 0.29) is 5.56 Å². The summed E-state index contributed by atoms with van der Waals surface area (Å²) in [5, 5.41) is 4.78. The van der Waals surface area contributed by atoms with Crippen LogP contribution in [0.2, 0.25) is 0 Å². The van der Waals surface area contributed by atoms with E-state index in [0.717, 1.165) is 11.8 Å². The van der Waals surface area contributed by atoms with Crippen molar-refractivity contribution >= 4 is 17.0 Å². The first-order valence-corrected chi connectivity index (χ1v) is 6.20. The molecule has 6 heteroatoms. The third-order valence-corrected chi connectivity index (χ3v) is 3.14. The molecular weight excluding hydrogens is 261 g/mol. The maximum absolute atomic E-state index is 12.7. The standard InChI is InChI=1S/C12H11F3N2S/c1-8-2-3-9(4-11(8)12(13,14)15)16-5-10-6-18-7-17-10/h2-4,6-7,16H,5H2,1H3. The Hall–Kier alpha value is -1.56. The molecule has 0 saturated heterocycles. The first kappa shape index (κ1) is 12.9. The lowest BCUT2D eigenvalue weighted by atomic mass is 10.1. The fraction of sp³-hybridized carbons (Fsp3) is 0.250. The van der Waals surface area contributed by atoms with Crippen molar-refractivity contribution in [3.8, 4) is 0 Å². The van der Waals surface area contributed by atoms with Gasteiger partial charge < -0.3 is 5.32 Å². The molecule has 18 heavy (non-hydrogen) atoms. The number of halogens is 3. The van der Waals surface area contributed by atoms with Crippen molar-refractivity contribution in [3.63, 3.8) is 0 Å². The highest BCUT2D eigenvalue weighted by molar-refractivity contribution is 7.07. The summed E-state index contributed by atoms with van der Waals surface area (Å²) in [4.78, 5) is 4.05. The zero-order chi connectivity index (χ0) is 13.2. The summed E-state index contributed by atoms with van der Waals surface area (Å²) in [6.45, 7) is 1.87. The predicted molar refractivity (Wildman–Crippen MR) is 65.6 cm³/mol. The van der Waals surface area contributed by atoms with E-state index >= 15 is 0 Å². The second-order valence-corrected chi connectivity index (χ2v) is 4.58. The third kappa shape index (κ3) is 3.01. The van der Waals surface area contributed by atoms with E-state index in [4.69, 9.17) is 0 Å². The van der Waals surface area contributed by atoms with Gasteiger partial charge in [0.1, 0.15) is 0 Å². The van der Waals surface area contributed by atoms with E-state index in [0.29, 0.717) is 12.2 Å². The van der Waals surface area contributed by atoms with E-state index in [1.807, 2.05) is 5.38 Å². The van der Waals surface area contributed by atoms with Gasteiger partial charge in [-0.15, -0.1) is 11.3 Å². The van der Waals surface area contributed by atoms with Crippen LogP contribution >= 0.6 is 11.3 Å². The molecule has 2 aromatic rings. The minimum atomic E-state index is -4.32. The molecule has 2 nitrogen and oxygen atoms in total. The number of hydrogen-bond donors (Lipinski definition) is 1. The summed E-state index contributed by atoms with van der Waals surface area (Å²) < 4.78 is 38.1. The lowest BCUT2D eigenvalue weighted by Gasteiger charge is -2.12. The molecule has 0 unspecified atom stereocenters. The second-order valence-electron chi connectivity index (χ2n) is 3.86. The Kier molecular flexibility index (Phi) is 3.56. The summed E-state index contributed by atoms with van der Waals surface area (Å²) >= 11 is 1.45. The molecule has 1 aromatic carbocycles. The maximum atomic E-state index is 12.7. The molecule has 0 atom stereocenters. The SMILES string of the molecule is Cc1ccc(NCc2cscn2)cc1C(F)(F)F. The normalized spacial score (nSPS) is 11.6. The topological polar surface area (TPSA) is 24.9 Å². The van der Waals surface area contributed by atoms with Gasteiger partial charge in [-0.1, -0.05) is 6.07 Å². The number of alkyl halides is 3. The van der Waals surface area contributed by atoms with Crippen LogP contribution in [0.3, 0.4) is 0 Å². The Balaban J connectivity index is 2.15. The van der Waals surface area contributed by atoms with Crippen molar-refractivity contribution in [1.82, 2.24) is 4.98 Å². The fourth-order valence-electron chi connectivity index (χ4n) is 1.55. The molecule has 0 fully saturated rings. The average molecular weight is 272 g/mol. The maximum Gasteiger partial charge on any atom is 0.416 e. The highest BCUT2D eigenvalue weighted by atomic mass is 32.1. The number of aryl methyl sites for hydroxylation is 1. The Labute approximate surface area is 106 Å². The highest BCUT2D eigenvalue weighted by Crippen LogP contribution is 2.33. The van der Waals surface area contributed by atoms with Crippen LogP contribution in [-0.4, -0.2) is 4.98 Å². The molecule has 0 saturated carbocycles. The zero-order valence-electron chi connectivity index (χ0n) is 9.58. The van der Waals surface area contributed by atoms with E-state index in [9.17, 15) is 13.2 Å². The number of hydrogen-bond acceptors (Lipinski definition) is 3. The van der Waals surface area contributed by atoms with Crippen molar-refractivity contribution in [3.05, 3.63) is 45.9 Å². The first-order valence-electron chi connectivity index (χ1n) is 5.25. The molecule has 0 aliphatic heterocycles. The minimum absolute atomic E-state index is 0.224. The summed E-state index contributed by atoms with van der Waals surface area (Å²) in [5.41, 5.74) is 2.57. The monoisotopic (exact) mass is 272 g/mol. The lowest BCUT2D eigenvalue weighted by molar-refractivity contribution is -0.138. The van der Waals surface area contributed by atoms with Crippen LogP contribution in [0.1, 0.15) is 16.8 Å². The van der Waals surface area contributed by atoms with Crippen LogP contribution in [-0.2, 0) is 12.7 Å². The van der Waals surface area contributed by atoms with Gasteiger partial charge in [0.2, 0.25) is 0 Å². The Morgan fingerprint density at radius 2 is 2.11 bits per heavy atom. The van der Waals surface area contributed by atoms with Gasteiger partial charge in [0.25, 0.3) is 0 Å². The van der Waals surface area contributed by atoms with E-state index in [1.165, 1.54) is 24.3 Å². The molecular formula is C12H11F3N2S. The number of benzene rings is 1. The largest absolute Gasteiger partial charge is 0.416 e. The van der Waals surface area contributed by atoms with E-state index in [2.05, 4.69) is 10.3 Å². The average Bonchev–Trinajstić information content (AvgIpc) is 2.79. The van der Waals surface area contributed by atoms with Gasteiger partial charge in [0.05, 0.1) is 23.3 Å². The number of aromatic nitrogens is 1. The van der Waals surface area contributed by atoms with Gasteiger partial charge in [-0.3, -0.25) is 0 Å². The van der Waals surface area contributed by atoms with E-state index in [1.54, 1.807) is 11.6 Å². The molecule has 0 aliphatic rings. The molecule has 0 bridgehead atoms. The van der Waals surface area contributed by atoms with Crippen molar-refractivity contribution in [1.29, 1.82) is 0 Å². The second kappa shape index (κ2) is 4.97. The molecule has 96 valence electrons. The predicted octanol–water partition coefficient (Wildman–Crippen LogP) is 4.08. The van der Waals surface area contributed by atoms with Crippen LogP contribution < -0.4 is 5.32 Å². The van der Waals surface area contributed by atoms with Gasteiger partial charge in [0, 0.05) is 11.1 Å². The highest BCUT2D eigenvalue weighted by Gasteiger charge is 2.32. The molecule has 1 N–H and O–H groups in total. The van der Waals surface area contributed by atoms with Gasteiger partial charge in [-0.2, -0.15) is 13.2 Å². The minimum Gasteiger partial charge on any atom is -0.379 e. The number of rotatable bonds is 3. The molecule has 0 spiro atoms.